The second kappa shape index (κ2) is 4.93. The Hall–Kier alpha value is -0.930. The molecule has 88 valence electrons. The van der Waals surface area contributed by atoms with Crippen molar-refractivity contribution in [3.05, 3.63) is 22.7 Å². The van der Waals surface area contributed by atoms with E-state index in [1.807, 2.05) is 0 Å². The summed E-state index contributed by atoms with van der Waals surface area (Å²) in [5, 5.41) is 13.7. The monoisotopic (exact) mass is 241 g/mol. The van der Waals surface area contributed by atoms with E-state index >= 15 is 0 Å². The molecule has 1 aromatic rings. The number of hydrogen-bond donors (Lipinski definition) is 2. The maximum atomic E-state index is 9.69. The Morgan fingerprint density at radius 2 is 2.38 bits per heavy atom. The van der Waals surface area contributed by atoms with E-state index in [-0.39, 0.29) is 5.75 Å². The molecule has 1 fully saturated rings. The quantitative estimate of drug-likeness (QED) is 0.853. The van der Waals surface area contributed by atoms with E-state index < -0.39 is 0 Å². The van der Waals surface area contributed by atoms with Gasteiger partial charge >= 0.3 is 0 Å². The average Bonchev–Trinajstić information content (AvgIpc) is 2.75. The van der Waals surface area contributed by atoms with E-state index in [0.29, 0.717) is 16.7 Å². The van der Waals surface area contributed by atoms with Gasteiger partial charge in [-0.3, -0.25) is 0 Å². The highest BCUT2D eigenvalue weighted by Crippen LogP contribution is 2.33. The highest BCUT2D eigenvalue weighted by Gasteiger charge is 2.17. The second-order valence-corrected chi connectivity index (χ2v) is 4.59. The first kappa shape index (κ1) is 11.6. The Labute approximate surface area is 100 Å². The van der Waals surface area contributed by atoms with Crippen LogP contribution in [0.4, 0.5) is 0 Å². The summed E-state index contributed by atoms with van der Waals surface area (Å²) in [4.78, 5) is 0. The van der Waals surface area contributed by atoms with Crippen LogP contribution in [-0.2, 0) is 6.42 Å². The number of aromatic hydroxyl groups is 1. The summed E-state index contributed by atoms with van der Waals surface area (Å²) in [6, 6.07) is 3.38. The summed E-state index contributed by atoms with van der Waals surface area (Å²) < 4.78 is 5.00. The molecule has 1 heterocycles. The molecule has 1 aliphatic heterocycles. The van der Waals surface area contributed by atoms with Crippen molar-refractivity contribution in [3.8, 4) is 11.5 Å². The smallest absolute Gasteiger partial charge is 0.161 e. The Kier molecular flexibility index (Phi) is 3.56. The first-order valence-electron chi connectivity index (χ1n) is 5.47. The van der Waals surface area contributed by atoms with Crippen molar-refractivity contribution >= 4 is 11.6 Å². The summed E-state index contributed by atoms with van der Waals surface area (Å²) in [7, 11) is 1.52. The van der Waals surface area contributed by atoms with Crippen LogP contribution in [-0.4, -0.2) is 25.3 Å². The van der Waals surface area contributed by atoms with Gasteiger partial charge in [0.2, 0.25) is 0 Å². The largest absolute Gasteiger partial charge is 0.504 e. The van der Waals surface area contributed by atoms with Crippen LogP contribution in [0.2, 0.25) is 5.02 Å². The van der Waals surface area contributed by atoms with E-state index in [1.54, 1.807) is 12.1 Å². The average molecular weight is 242 g/mol. The molecule has 0 spiro atoms. The zero-order valence-electron chi connectivity index (χ0n) is 9.29. The summed E-state index contributed by atoms with van der Waals surface area (Å²) in [6.07, 6.45) is 2.08. The number of benzene rings is 1. The molecule has 0 aliphatic carbocycles. The molecule has 1 unspecified atom stereocenters. The zero-order valence-corrected chi connectivity index (χ0v) is 10.0. The van der Waals surface area contributed by atoms with Crippen molar-refractivity contribution in [1.82, 2.24) is 5.32 Å². The Balaban J connectivity index is 2.17. The molecular formula is C12H16ClNO2. The standard InChI is InChI=1S/C12H16ClNO2/c1-16-12-6-10(13)9(5-11(12)15)4-8-2-3-14-7-8/h5-6,8,14-15H,2-4,7H2,1H3. The van der Waals surface area contributed by atoms with Crippen molar-refractivity contribution in [2.24, 2.45) is 5.92 Å². The number of ether oxygens (including phenoxy) is 1. The Bertz CT molecular complexity index is 376. The molecule has 1 aromatic carbocycles. The minimum Gasteiger partial charge on any atom is -0.504 e. The highest BCUT2D eigenvalue weighted by atomic mass is 35.5. The van der Waals surface area contributed by atoms with Crippen LogP contribution in [0.3, 0.4) is 0 Å². The fourth-order valence-electron chi connectivity index (χ4n) is 2.11. The number of nitrogens with one attached hydrogen (secondary N) is 1. The highest BCUT2D eigenvalue weighted by molar-refractivity contribution is 6.31. The zero-order chi connectivity index (χ0) is 11.5. The third-order valence-electron chi connectivity index (χ3n) is 3.02. The number of methoxy groups -OCH3 is 1. The molecule has 1 atom stereocenters. The lowest BCUT2D eigenvalue weighted by atomic mass is 9.98. The normalized spacial score (nSPS) is 20.0. The van der Waals surface area contributed by atoms with Crippen LogP contribution in [0.1, 0.15) is 12.0 Å². The minimum absolute atomic E-state index is 0.160. The molecule has 0 bridgehead atoms. The molecule has 0 amide bonds. The number of rotatable bonds is 3. The van der Waals surface area contributed by atoms with Crippen LogP contribution in [0, 0.1) is 5.92 Å². The van der Waals surface area contributed by atoms with Gasteiger partial charge in [-0.2, -0.15) is 0 Å². The maximum Gasteiger partial charge on any atom is 0.161 e. The van der Waals surface area contributed by atoms with Gasteiger partial charge in [0.1, 0.15) is 0 Å². The first-order chi connectivity index (χ1) is 7.70. The summed E-state index contributed by atoms with van der Waals surface area (Å²) >= 11 is 6.15. The van der Waals surface area contributed by atoms with E-state index in [9.17, 15) is 5.11 Å². The topological polar surface area (TPSA) is 41.5 Å². The van der Waals surface area contributed by atoms with E-state index in [4.69, 9.17) is 16.3 Å². The lowest BCUT2D eigenvalue weighted by Gasteiger charge is -2.12. The van der Waals surface area contributed by atoms with Crippen LogP contribution < -0.4 is 10.1 Å². The fourth-order valence-corrected chi connectivity index (χ4v) is 2.34. The molecule has 1 aliphatic rings. The summed E-state index contributed by atoms with van der Waals surface area (Å²) in [5.74, 6) is 1.21. The lowest BCUT2D eigenvalue weighted by molar-refractivity contribution is 0.373. The number of halogens is 1. The Morgan fingerprint density at radius 1 is 1.56 bits per heavy atom. The lowest BCUT2D eigenvalue weighted by Crippen LogP contribution is -2.10. The third kappa shape index (κ3) is 2.42. The molecule has 2 N–H and O–H groups in total. The van der Waals surface area contributed by atoms with Gasteiger partial charge in [-0.25, -0.2) is 0 Å². The minimum atomic E-state index is 0.160. The van der Waals surface area contributed by atoms with Crippen LogP contribution in [0.25, 0.3) is 0 Å². The van der Waals surface area contributed by atoms with Crippen molar-refractivity contribution in [2.45, 2.75) is 12.8 Å². The third-order valence-corrected chi connectivity index (χ3v) is 3.37. The van der Waals surface area contributed by atoms with Gasteiger partial charge in [-0.05, 0) is 43.5 Å². The molecule has 3 nitrogen and oxygen atoms in total. The SMILES string of the molecule is COc1cc(Cl)c(CC2CCNC2)cc1O. The van der Waals surface area contributed by atoms with Crippen molar-refractivity contribution in [3.63, 3.8) is 0 Å². The second-order valence-electron chi connectivity index (χ2n) is 4.18. The van der Waals surface area contributed by atoms with Crippen molar-refractivity contribution < 1.29 is 9.84 Å². The van der Waals surface area contributed by atoms with E-state index in [2.05, 4.69) is 5.32 Å². The fraction of sp³-hybridized carbons (Fsp3) is 0.500. The predicted octanol–water partition coefficient (Wildman–Crippen LogP) is 2.21. The van der Waals surface area contributed by atoms with Crippen LogP contribution >= 0.6 is 11.6 Å². The maximum absolute atomic E-state index is 9.69. The molecule has 1 saturated heterocycles. The van der Waals surface area contributed by atoms with Crippen LogP contribution in [0.15, 0.2) is 12.1 Å². The van der Waals surface area contributed by atoms with Gasteiger partial charge in [-0.1, -0.05) is 11.6 Å². The first-order valence-corrected chi connectivity index (χ1v) is 5.84. The predicted molar refractivity (Wildman–Crippen MR) is 64.3 cm³/mol. The number of phenolic OH excluding ortho intramolecular Hbond substituents is 1. The van der Waals surface area contributed by atoms with Gasteiger partial charge < -0.3 is 15.2 Å². The van der Waals surface area contributed by atoms with Gasteiger partial charge in [0.05, 0.1) is 7.11 Å². The van der Waals surface area contributed by atoms with E-state index in [0.717, 1.165) is 25.1 Å². The van der Waals surface area contributed by atoms with Gasteiger partial charge in [0.15, 0.2) is 11.5 Å². The van der Waals surface area contributed by atoms with Crippen LogP contribution in [0.5, 0.6) is 11.5 Å². The van der Waals surface area contributed by atoms with Gasteiger partial charge in [-0.15, -0.1) is 0 Å². The van der Waals surface area contributed by atoms with Gasteiger partial charge in [0, 0.05) is 11.1 Å². The van der Waals surface area contributed by atoms with Crippen molar-refractivity contribution in [2.75, 3.05) is 20.2 Å². The number of hydrogen-bond acceptors (Lipinski definition) is 3. The molecule has 0 saturated carbocycles. The molecule has 2 rings (SSSR count). The molecular weight excluding hydrogens is 226 g/mol. The molecule has 0 radical (unpaired) electrons. The molecule has 4 heteroatoms. The number of phenols is 1. The Morgan fingerprint density at radius 3 is 3.00 bits per heavy atom. The van der Waals surface area contributed by atoms with Crippen molar-refractivity contribution in [1.29, 1.82) is 0 Å². The summed E-state index contributed by atoms with van der Waals surface area (Å²) in [5.41, 5.74) is 0.994. The molecule has 0 aromatic heterocycles. The van der Waals surface area contributed by atoms with E-state index in [1.165, 1.54) is 13.5 Å². The summed E-state index contributed by atoms with van der Waals surface area (Å²) in [6.45, 7) is 2.10. The molecule has 16 heavy (non-hydrogen) atoms. The van der Waals surface area contributed by atoms with Gasteiger partial charge in [0.25, 0.3) is 0 Å².